The normalized spacial score (nSPS) is 14.8. The first-order valence-electron chi connectivity index (χ1n) is 12.3. The molecular weight excluding hydrogens is 400 g/mol. The number of nitrogens with one attached hydrogen (secondary N) is 1. The van der Waals surface area contributed by atoms with Crippen LogP contribution in [0.3, 0.4) is 0 Å². The summed E-state index contributed by atoms with van der Waals surface area (Å²) in [6.07, 6.45) is 13.1. The minimum absolute atomic E-state index is 0.135. The first kappa shape index (κ1) is 28.8. The highest BCUT2D eigenvalue weighted by Crippen LogP contribution is 2.47. The summed E-state index contributed by atoms with van der Waals surface area (Å²) < 4.78 is 17.6. The molecular formula is C27H48N2O3. The van der Waals surface area contributed by atoms with Crippen LogP contribution in [0, 0.1) is 5.41 Å². The van der Waals surface area contributed by atoms with Gasteiger partial charge in [-0.25, -0.2) is 0 Å². The van der Waals surface area contributed by atoms with Crippen molar-refractivity contribution in [2.45, 2.75) is 83.1 Å². The molecule has 0 radical (unpaired) electrons. The SMILES string of the molecule is C=CC(NCCCC(CCN)(CCCCCCCC)C(OC)(OC)OC)c1ccccc1. The molecule has 3 N–H and O–H groups in total. The molecule has 0 heterocycles. The quantitative estimate of drug-likeness (QED) is 0.146. The van der Waals surface area contributed by atoms with E-state index in [2.05, 4.69) is 43.1 Å². The van der Waals surface area contributed by atoms with E-state index in [1.54, 1.807) is 21.3 Å². The third-order valence-corrected chi connectivity index (χ3v) is 6.68. The lowest BCUT2D eigenvalue weighted by atomic mass is 9.73. The van der Waals surface area contributed by atoms with Crippen molar-refractivity contribution in [3.63, 3.8) is 0 Å². The van der Waals surface area contributed by atoms with Crippen LogP contribution in [0.2, 0.25) is 0 Å². The second-order valence-electron chi connectivity index (χ2n) is 8.69. The van der Waals surface area contributed by atoms with Gasteiger partial charge in [0.25, 0.3) is 5.97 Å². The molecule has 0 spiro atoms. The summed E-state index contributed by atoms with van der Waals surface area (Å²) >= 11 is 0. The van der Waals surface area contributed by atoms with Gasteiger partial charge in [0.15, 0.2) is 0 Å². The molecule has 2 atom stereocenters. The van der Waals surface area contributed by atoms with Gasteiger partial charge >= 0.3 is 0 Å². The fraction of sp³-hybridized carbons (Fsp3) is 0.704. The van der Waals surface area contributed by atoms with Crippen LogP contribution in [0.15, 0.2) is 43.0 Å². The Morgan fingerprint density at radius 3 is 2.06 bits per heavy atom. The maximum absolute atomic E-state index is 6.10. The Morgan fingerprint density at radius 2 is 1.50 bits per heavy atom. The van der Waals surface area contributed by atoms with Crippen LogP contribution < -0.4 is 11.1 Å². The molecule has 32 heavy (non-hydrogen) atoms. The molecule has 0 aliphatic carbocycles. The fourth-order valence-electron chi connectivity index (χ4n) is 4.94. The summed E-state index contributed by atoms with van der Waals surface area (Å²) in [5.74, 6) is -1.09. The highest BCUT2D eigenvalue weighted by atomic mass is 16.9. The number of nitrogens with two attached hydrogens (primary N) is 1. The largest absolute Gasteiger partial charge is 0.330 e. The van der Waals surface area contributed by atoms with E-state index in [1.807, 2.05) is 12.1 Å². The number of hydrogen-bond donors (Lipinski definition) is 2. The summed E-state index contributed by atoms with van der Waals surface area (Å²) in [4.78, 5) is 0. The Bertz CT molecular complexity index is 584. The molecule has 184 valence electrons. The minimum atomic E-state index is -1.09. The predicted octanol–water partition coefficient (Wildman–Crippen LogP) is 5.96. The molecule has 0 saturated carbocycles. The molecule has 0 aliphatic rings. The highest BCUT2D eigenvalue weighted by Gasteiger charge is 2.52. The first-order chi connectivity index (χ1) is 15.6. The molecule has 0 bridgehead atoms. The third kappa shape index (κ3) is 8.27. The van der Waals surface area contributed by atoms with Gasteiger partial charge in [-0.3, -0.25) is 0 Å². The summed E-state index contributed by atoms with van der Waals surface area (Å²) in [5, 5.41) is 3.62. The molecule has 0 amide bonds. The standard InChI is InChI=1S/C27H48N2O3/c1-6-8-9-10-11-15-19-26(21-22-28,27(30-3,31-4)32-5)20-16-23-29-25(7-2)24-17-13-12-14-18-24/h7,12-14,17-18,25,29H,2,6,8-11,15-16,19-23,28H2,1,3-5H3. The van der Waals surface area contributed by atoms with Crippen LogP contribution in [0.5, 0.6) is 0 Å². The molecule has 0 aromatic heterocycles. The zero-order valence-electron chi connectivity index (χ0n) is 21.0. The summed E-state index contributed by atoms with van der Waals surface area (Å²) in [6, 6.07) is 10.5. The van der Waals surface area contributed by atoms with E-state index in [0.717, 1.165) is 38.6 Å². The number of ether oxygens (including phenoxy) is 3. The van der Waals surface area contributed by atoms with Crippen molar-refractivity contribution in [1.29, 1.82) is 0 Å². The predicted molar refractivity (Wildman–Crippen MR) is 134 cm³/mol. The summed E-state index contributed by atoms with van der Waals surface area (Å²) in [6.45, 7) is 7.69. The van der Waals surface area contributed by atoms with Gasteiger partial charge in [-0.05, 0) is 44.3 Å². The Morgan fingerprint density at radius 1 is 0.906 bits per heavy atom. The van der Waals surface area contributed by atoms with Gasteiger partial charge in [0.2, 0.25) is 0 Å². The van der Waals surface area contributed by atoms with Gasteiger partial charge in [-0.15, -0.1) is 6.58 Å². The van der Waals surface area contributed by atoms with Crippen LogP contribution in [-0.2, 0) is 14.2 Å². The maximum atomic E-state index is 6.10. The van der Waals surface area contributed by atoms with E-state index in [1.165, 1.54) is 37.7 Å². The van der Waals surface area contributed by atoms with Crippen molar-refractivity contribution < 1.29 is 14.2 Å². The number of benzene rings is 1. The Hall–Kier alpha value is -1.24. The average Bonchev–Trinajstić information content (AvgIpc) is 2.83. The lowest BCUT2D eigenvalue weighted by molar-refractivity contribution is -0.410. The van der Waals surface area contributed by atoms with E-state index in [9.17, 15) is 0 Å². The van der Waals surface area contributed by atoms with Gasteiger partial charge in [0.1, 0.15) is 0 Å². The number of unbranched alkanes of at least 4 members (excludes halogenated alkanes) is 5. The fourth-order valence-corrected chi connectivity index (χ4v) is 4.94. The molecule has 5 nitrogen and oxygen atoms in total. The van der Waals surface area contributed by atoms with E-state index in [4.69, 9.17) is 19.9 Å². The van der Waals surface area contributed by atoms with Gasteiger partial charge in [0, 0.05) is 21.3 Å². The topological polar surface area (TPSA) is 65.7 Å². The highest BCUT2D eigenvalue weighted by molar-refractivity contribution is 5.22. The molecule has 0 aliphatic heterocycles. The molecule has 2 unspecified atom stereocenters. The van der Waals surface area contributed by atoms with Crippen molar-refractivity contribution in [1.82, 2.24) is 5.32 Å². The lowest BCUT2D eigenvalue weighted by Crippen LogP contribution is -2.54. The van der Waals surface area contributed by atoms with Crippen molar-refractivity contribution in [2.24, 2.45) is 11.1 Å². The molecule has 1 aromatic carbocycles. The Labute approximate surface area is 197 Å². The van der Waals surface area contributed by atoms with Crippen molar-refractivity contribution >= 4 is 0 Å². The van der Waals surface area contributed by atoms with Crippen molar-refractivity contribution in [2.75, 3.05) is 34.4 Å². The van der Waals surface area contributed by atoms with Crippen LogP contribution in [-0.4, -0.2) is 40.4 Å². The van der Waals surface area contributed by atoms with E-state index in [-0.39, 0.29) is 11.5 Å². The smallest absolute Gasteiger partial charge is 0.288 e. The summed E-state index contributed by atoms with van der Waals surface area (Å²) in [7, 11) is 5.00. The lowest BCUT2D eigenvalue weighted by Gasteiger charge is -2.47. The van der Waals surface area contributed by atoms with Crippen LogP contribution in [0.4, 0.5) is 0 Å². The molecule has 0 fully saturated rings. The second-order valence-corrected chi connectivity index (χ2v) is 8.69. The Kier molecular flexibility index (Phi) is 14.7. The van der Waals surface area contributed by atoms with E-state index in [0.29, 0.717) is 6.54 Å². The van der Waals surface area contributed by atoms with Crippen LogP contribution in [0.1, 0.15) is 82.7 Å². The van der Waals surface area contributed by atoms with Gasteiger partial charge in [-0.2, -0.15) is 0 Å². The zero-order valence-corrected chi connectivity index (χ0v) is 21.0. The zero-order chi connectivity index (χ0) is 23.7. The minimum Gasteiger partial charge on any atom is -0.330 e. The second kappa shape index (κ2) is 16.4. The average molecular weight is 449 g/mol. The number of methoxy groups -OCH3 is 3. The first-order valence-corrected chi connectivity index (χ1v) is 12.3. The van der Waals surface area contributed by atoms with Crippen molar-refractivity contribution in [3.8, 4) is 0 Å². The van der Waals surface area contributed by atoms with E-state index >= 15 is 0 Å². The molecule has 1 rings (SSSR count). The monoisotopic (exact) mass is 448 g/mol. The number of hydrogen-bond acceptors (Lipinski definition) is 5. The van der Waals surface area contributed by atoms with Gasteiger partial charge in [0.05, 0.1) is 11.5 Å². The van der Waals surface area contributed by atoms with Crippen molar-refractivity contribution in [3.05, 3.63) is 48.6 Å². The molecule has 0 saturated heterocycles. The maximum Gasteiger partial charge on any atom is 0.288 e. The Balaban J connectivity index is 2.84. The molecule has 1 aromatic rings. The van der Waals surface area contributed by atoms with Gasteiger partial charge in [-0.1, -0.05) is 81.9 Å². The number of rotatable bonds is 20. The van der Waals surface area contributed by atoms with E-state index < -0.39 is 5.97 Å². The van der Waals surface area contributed by atoms with Crippen LogP contribution >= 0.6 is 0 Å². The van der Waals surface area contributed by atoms with Crippen LogP contribution in [0.25, 0.3) is 0 Å². The molecule has 5 heteroatoms. The third-order valence-electron chi connectivity index (χ3n) is 6.68. The summed E-state index contributed by atoms with van der Waals surface area (Å²) in [5.41, 5.74) is 7.02. The van der Waals surface area contributed by atoms with Gasteiger partial charge < -0.3 is 25.3 Å².